The highest BCUT2D eigenvalue weighted by Gasteiger charge is 2.26. The molecule has 14 heavy (non-hydrogen) atoms. The molecule has 0 aliphatic heterocycles. The molecular formula is C10H20ClNO2. The van der Waals surface area contributed by atoms with Gasteiger partial charge in [0.1, 0.15) is 5.38 Å². The number of halogens is 1. The standard InChI is InChI=1S/C10H20ClNO2/c1-7(10(2,3)4)12(5)6-8(11)9(13)14/h7-8H,6H2,1-5H3,(H,13,14). The van der Waals surface area contributed by atoms with E-state index in [9.17, 15) is 4.79 Å². The molecule has 0 bridgehead atoms. The SMILES string of the molecule is CC(N(C)CC(Cl)C(=O)O)C(C)(C)C. The zero-order valence-electron chi connectivity index (χ0n) is 9.54. The van der Waals surface area contributed by atoms with E-state index >= 15 is 0 Å². The van der Waals surface area contributed by atoms with Crippen molar-refractivity contribution >= 4 is 17.6 Å². The number of carbonyl (C=O) groups is 1. The summed E-state index contributed by atoms with van der Waals surface area (Å²) in [6, 6.07) is 0.295. The van der Waals surface area contributed by atoms with Crippen molar-refractivity contribution in [2.24, 2.45) is 5.41 Å². The van der Waals surface area contributed by atoms with E-state index in [0.717, 1.165) is 0 Å². The molecule has 2 atom stereocenters. The summed E-state index contributed by atoms with van der Waals surface area (Å²) in [6.45, 7) is 8.81. The lowest BCUT2D eigenvalue weighted by atomic mass is 9.87. The van der Waals surface area contributed by atoms with Crippen molar-refractivity contribution in [2.45, 2.75) is 39.1 Å². The van der Waals surface area contributed by atoms with Gasteiger partial charge in [-0.05, 0) is 19.4 Å². The number of hydrogen-bond donors (Lipinski definition) is 1. The third kappa shape index (κ3) is 4.29. The fourth-order valence-corrected chi connectivity index (χ4v) is 1.37. The number of nitrogens with zero attached hydrogens (tertiary/aromatic N) is 1. The molecule has 1 N–H and O–H groups in total. The summed E-state index contributed by atoms with van der Waals surface area (Å²) in [4.78, 5) is 12.5. The molecule has 0 rings (SSSR count). The van der Waals surface area contributed by atoms with E-state index < -0.39 is 11.3 Å². The van der Waals surface area contributed by atoms with Crippen LogP contribution in [0.4, 0.5) is 0 Å². The first kappa shape index (κ1) is 13.7. The Kier molecular flexibility index (Phi) is 4.89. The summed E-state index contributed by atoms with van der Waals surface area (Å²) < 4.78 is 0. The summed E-state index contributed by atoms with van der Waals surface area (Å²) in [6.07, 6.45) is 0. The van der Waals surface area contributed by atoms with E-state index in [-0.39, 0.29) is 5.41 Å². The van der Waals surface area contributed by atoms with Gasteiger partial charge >= 0.3 is 5.97 Å². The summed E-state index contributed by atoms with van der Waals surface area (Å²) >= 11 is 5.66. The molecule has 0 heterocycles. The predicted octanol–water partition coefficient (Wildman–Crippen LogP) is 2.04. The molecule has 84 valence electrons. The molecule has 3 nitrogen and oxygen atoms in total. The maximum absolute atomic E-state index is 10.5. The molecule has 0 aromatic heterocycles. The Bertz CT molecular complexity index is 201. The van der Waals surface area contributed by atoms with Crippen LogP contribution in [0.15, 0.2) is 0 Å². The number of aliphatic carboxylic acids is 1. The van der Waals surface area contributed by atoms with E-state index in [2.05, 4.69) is 27.7 Å². The van der Waals surface area contributed by atoms with Gasteiger partial charge < -0.3 is 10.0 Å². The van der Waals surface area contributed by atoms with Gasteiger partial charge in [-0.25, -0.2) is 0 Å². The number of alkyl halides is 1. The van der Waals surface area contributed by atoms with Crippen LogP contribution in [0.1, 0.15) is 27.7 Å². The van der Waals surface area contributed by atoms with Crippen molar-refractivity contribution in [3.05, 3.63) is 0 Å². The van der Waals surface area contributed by atoms with Crippen LogP contribution in [0, 0.1) is 5.41 Å². The average Bonchev–Trinajstić information content (AvgIpc) is 2.00. The van der Waals surface area contributed by atoms with Gasteiger partial charge in [-0.15, -0.1) is 11.6 Å². The van der Waals surface area contributed by atoms with E-state index in [4.69, 9.17) is 16.7 Å². The van der Waals surface area contributed by atoms with Crippen molar-refractivity contribution in [1.29, 1.82) is 0 Å². The molecular weight excluding hydrogens is 202 g/mol. The maximum Gasteiger partial charge on any atom is 0.322 e. The van der Waals surface area contributed by atoms with Crippen molar-refractivity contribution < 1.29 is 9.90 Å². The minimum atomic E-state index is -0.959. The van der Waals surface area contributed by atoms with Crippen molar-refractivity contribution in [3.63, 3.8) is 0 Å². The van der Waals surface area contributed by atoms with E-state index in [0.29, 0.717) is 12.6 Å². The second-order valence-electron chi connectivity index (χ2n) is 4.79. The highest BCUT2D eigenvalue weighted by atomic mass is 35.5. The van der Waals surface area contributed by atoms with E-state index in [1.54, 1.807) is 0 Å². The highest BCUT2D eigenvalue weighted by Crippen LogP contribution is 2.23. The molecule has 0 aliphatic carbocycles. The second-order valence-corrected chi connectivity index (χ2v) is 5.31. The second kappa shape index (κ2) is 4.99. The molecule has 0 aliphatic rings. The average molecular weight is 222 g/mol. The fraction of sp³-hybridized carbons (Fsp3) is 0.900. The summed E-state index contributed by atoms with van der Waals surface area (Å²) in [7, 11) is 1.90. The van der Waals surface area contributed by atoms with Gasteiger partial charge in [0.05, 0.1) is 0 Å². The maximum atomic E-state index is 10.5. The van der Waals surface area contributed by atoms with Crippen molar-refractivity contribution in [2.75, 3.05) is 13.6 Å². The lowest BCUT2D eigenvalue weighted by Gasteiger charge is -2.35. The molecule has 4 heteroatoms. The predicted molar refractivity (Wildman–Crippen MR) is 58.8 cm³/mol. The van der Waals surface area contributed by atoms with Crippen LogP contribution >= 0.6 is 11.6 Å². The molecule has 0 aromatic carbocycles. The Labute approximate surface area is 91.0 Å². The Morgan fingerprint density at radius 2 is 1.93 bits per heavy atom. The Morgan fingerprint density at radius 3 is 2.21 bits per heavy atom. The molecule has 0 aromatic rings. The van der Waals surface area contributed by atoms with Crippen molar-refractivity contribution in [3.8, 4) is 0 Å². The lowest BCUT2D eigenvalue weighted by Crippen LogP contribution is -2.43. The minimum absolute atomic E-state index is 0.129. The van der Waals surface area contributed by atoms with Gasteiger partial charge in [0.15, 0.2) is 0 Å². The van der Waals surface area contributed by atoms with Crippen LogP contribution in [-0.4, -0.2) is 41.0 Å². The number of carboxylic acids is 1. The first-order valence-corrected chi connectivity index (χ1v) is 5.17. The zero-order chi connectivity index (χ0) is 11.5. The number of carboxylic acid groups (broad SMARTS) is 1. The topological polar surface area (TPSA) is 40.5 Å². The molecule has 0 fully saturated rings. The Balaban J connectivity index is 4.21. The van der Waals surface area contributed by atoms with Crippen LogP contribution in [-0.2, 0) is 4.79 Å². The van der Waals surface area contributed by atoms with Gasteiger partial charge in [0, 0.05) is 12.6 Å². The third-order valence-corrected chi connectivity index (χ3v) is 2.96. The van der Waals surface area contributed by atoms with Gasteiger partial charge in [-0.1, -0.05) is 20.8 Å². The van der Waals surface area contributed by atoms with Crippen LogP contribution in [0.2, 0.25) is 0 Å². The van der Waals surface area contributed by atoms with Gasteiger partial charge in [-0.3, -0.25) is 4.79 Å². The fourth-order valence-electron chi connectivity index (χ4n) is 1.15. The summed E-state index contributed by atoms with van der Waals surface area (Å²) in [5.41, 5.74) is 0.129. The van der Waals surface area contributed by atoms with E-state index in [1.165, 1.54) is 0 Å². The van der Waals surface area contributed by atoms with Crippen molar-refractivity contribution in [1.82, 2.24) is 4.90 Å². The van der Waals surface area contributed by atoms with Crippen LogP contribution in [0.25, 0.3) is 0 Å². The highest BCUT2D eigenvalue weighted by molar-refractivity contribution is 6.29. The number of hydrogen-bond acceptors (Lipinski definition) is 2. The van der Waals surface area contributed by atoms with Gasteiger partial charge in [0.2, 0.25) is 0 Å². The Hall–Kier alpha value is -0.280. The van der Waals surface area contributed by atoms with Crippen LogP contribution in [0.3, 0.4) is 0 Å². The number of rotatable bonds is 4. The van der Waals surface area contributed by atoms with Crippen LogP contribution < -0.4 is 0 Å². The molecule has 0 radical (unpaired) electrons. The van der Waals surface area contributed by atoms with Gasteiger partial charge in [-0.2, -0.15) is 0 Å². The molecule has 0 saturated heterocycles. The molecule has 0 amide bonds. The van der Waals surface area contributed by atoms with E-state index in [1.807, 2.05) is 11.9 Å². The minimum Gasteiger partial charge on any atom is -0.480 e. The third-order valence-electron chi connectivity index (χ3n) is 2.63. The Morgan fingerprint density at radius 1 is 1.50 bits per heavy atom. The largest absolute Gasteiger partial charge is 0.480 e. The first-order chi connectivity index (χ1) is 6.16. The molecule has 0 saturated carbocycles. The first-order valence-electron chi connectivity index (χ1n) is 4.73. The molecule has 2 unspecified atom stereocenters. The summed E-state index contributed by atoms with van der Waals surface area (Å²) in [5.74, 6) is -0.959. The van der Waals surface area contributed by atoms with Gasteiger partial charge in [0.25, 0.3) is 0 Å². The quantitative estimate of drug-likeness (QED) is 0.739. The zero-order valence-corrected chi connectivity index (χ0v) is 10.3. The lowest BCUT2D eigenvalue weighted by molar-refractivity contribution is -0.137. The normalized spacial score (nSPS) is 16.8. The molecule has 0 spiro atoms. The van der Waals surface area contributed by atoms with Crippen LogP contribution in [0.5, 0.6) is 0 Å². The summed E-state index contributed by atoms with van der Waals surface area (Å²) in [5, 5.41) is 7.83. The smallest absolute Gasteiger partial charge is 0.322 e. The monoisotopic (exact) mass is 221 g/mol.